The van der Waals surface area contributed by atoms with Crippen molar-refractivity contribution >= 4 is 50.0 Å². The topological polar surface area (TPSA) is 69.2 Å². The third kappa shape index (κ3) is 3.41. The molecule has 1 saturated heterocycles. The number of fused-ring (bicyclic) bond motifs is 2. The Morgan fingerprint density at radius 2 is 2.17 bits per heavy atom. The van der Waals surface area contributed by atoms with Gasteiger partial charge in [0.1, 0.15) is 6.04 Å². The van der Waals surface area contributed by atoms with Crippen LogP contribution in [-0.4, -0.2) is 39.0 Å². The lowest BCUT2D eigenvalue weighted by Crippen LogP contribution is -2.40. The van der Waals surface area contributed by atoms with Gasteiger partial charge in [-0.25, -0.2) is 4.98 Å². The Morgan fingerprint density at radius 1 is 1.31 bits per heavy atom. The molecule has 0 unspecified atom stereocenters. The van der Waals surface area contributed by atoms with Gasteiger partial charge in [0.25, 0.3) is 0 Å². The van der Waals surface area contributed by atoms with Gasteiger partial charge in [-0.1, -0.05) is 23.7 Å². The number of carboxylic acid groups (broad SMARTS) is 1. The molecule has 0 bridgehead atoms. The van der Waals surface area contributed by atoms with Crippen LogP contribution in [-0.2, 0) is 4.79 Å². The van der Waals surface area contributed by atoms with Crippen molar-refractivity contribution in [3.8, 4) is 0 Å². The Balaban J connectivity index is 1.48. The summed E-state index contributed by atoms with van der Waals surface area (Å²) >= 11 is 7.90. The zero-order chi connectivity index (χ0) is 20.0. The first-order valence-corrected chi connectivity index (χ1v) is 10.9. The van der Waals surface area contributed by atoms with Crippen molar-refractivity contribution in [2.45, 2.75) is 24.8 Å². The Hall–Kier alpha value is -2.41. The Kier molecular flexibility index (Phi) is 4.78. The highest BCUT2D eigenvalue weighted by atomic mass is 35.5. The molecule has 3 heterocycles. The molecule has 2 N–H and O–H groups in total. The molecule has 2 atom stereocenters. The average molecular weight is 426 g/mol. The van der Waals surface area contributed by atoms with Crippen LogP contribution < -0.4 is 0 Å². The fourth-order valence-corrected chi connectivity index (χ4v) is 5.60. The van der Waals surface area contributed by atoms with Crippen LogP contribution in [0, 0.1) is 0 Å². The molecular weight excluding hydrogens is 406 g/mol. The fraction of sp³-hybridized carbons (Fsp3) is 0.273. The Morgan fingerprint density at radius 3 is 3.00 bits per heavy atom. The van der Waals surface area contributed by atoms with Gasteiger partial charge in [-0.3, -0.25) is 9.69 Å². The number of thiazole rings is 1. The monoisotopic (exact) mass is 425 g/mol. The smallest absolute Gasteiger partial charge is 0.325 e. The number of para-hydroxylation sites is 1. The molecule has 2 aromatic heterocycles. The van der Waals surface area contributed by atoms with Crippen LogP contribution in [0.15, 0.2) is 48.7 Å². The van der Waals surface area contributed by atoms with Crippen molar-refractivity contribution in [2.24, 2.45) is 0 Å². The van der Waals surface area contributed by atoms with Crippen molar-refractivity contribution in [3.05, 3.63) is 64.3 Å². The van der Waals surface area contributed by atoms with Crippen LogP contribution >= 0.6 is 22.9 Å². The maximum atomic E-state index is 12.3. The predicted molar refractivity (Wildman–Crippen MR) is 117 cm³/mol. The molecular formula is C22H20ClN3O2S. The highest BCUT2D eigenvalue weighted by molar-refractivity contribution is 7.18. The largest absolute Gasteiger partial charge is 0.480 e. The first-order valence-electron chi connectivity index (χ1n) is 9.69. The van der Waals surface area contributed by atoms with Crippen molar-refractivity contribution in [1.29, 1.82) is 0 Å². The van der Waals surface area contributed by atoms with E-state index in [1.807, 2.05) is 36.4 Å². The van der Waals surface area contributed by atoms with Crippen molar-refractivity contribution < 1.29 is 9.90 Å². The number of aliphatic carboxylic acids is 1. The summed E-state index contributed by atoms with van der Waals surface area (Å²) in [4.78, 5) is 22.4. The van der Waals surface area contributed by atoms with E-state index in [9.17, 15) is 9.90 Å². The summed E-state index contributed by atoms with van der Waals surface area (Å²) in [6.45, 7) is 1.44. The van der Waals surface area contributed by atoms with Crippen molar-refractivity contribution in [1.82, 2.24) is 14.9 Å². The standard InChI is InChI=1S/C22H20ClN3O2S/c23-14-7-8-17-15(10-14)16(11-24-17)20(22(27)28)26-9-3-4-13(12-26)21-25-18-5-1-2-6-19(18)29-21/h1-2,5-8,10-11,13,20,24H,3-4,9,12H2,(H,27,28)/t13-,20+/m1/s1. The summed E-state index contributed by atoms with van der Waals surface area (Å²) in [5, 5.41) is 12.7. The number of carbonyl (C=O) groups is 1. The number of nitrogens with one attached hydrogen (secondary N) is 1. The lowest BCUT2D eigenvalue weighted by Gasteiger charge is -2.35. The molecule has 0 saturated carbocycles. The summed E-state index contributed by atoms with van der Waals surface area (Å²) in [6.07, 6.45) is 3.79. The van der Waals surface area contributed by atoms with E-state index >= 15 is 0 Å². The van der Waals surface area contributed by atoms with E-state index in [4.69, 9.17) is 16.6 Å². The molecule has 1 aliphatic rings. The SMILES string of the molecule is O=C(O)[C@H](c1c[nH]c2ccc(Cl)cc12)N1CCC[C@@H](c2nc3ccccc3s2)C1. The molecule has 1 aliphatic heterocycles. The van der Waals surface area contributed by atoms with E-state index in [0.717, 1.165) is 46.4 Å². The van der Waals surface area contributed by atoms with Crippen LogP contribution in [0.1, 0.15) is 35.4 Å². The lowest BCUT2D eigenvalue weighted by molar-refractivity contribution is -0.144. The number of nitrogens with zero attached hydrogens (tertiary/aromatic N) is 2. The number of halogens is 1. The van der Waals surface area contributed by atoms with Gasteiger partial charge >= 0.3 is 5.97 Å². The zero-order valence-corrected chi connectivity index (χ0v) is 17.2. The number of hydrogen-bond donors (Lipinski definition) is 2. The van der Waals surface area contributed by atoms with E-state index in [-0.39, 0.29) is 5.92 Å². The van der Waals surface area contributed by atoms with Gasteiger partial charge in [-0.05, 0) is 49.7 Å². The van der Waals surface area contributed by atoms with E-state index in [1.165, 1.54) is 4.70 Å². The summed E-state index contributed by atoms with van der Waals surface area (Å²) in [7, 11) is 0. The van der Waals surface area contributed by atoms with E-state index in [0.29, 0.717) is 11.6 Å². The van der Waals surface area contributed by atoms with Gasteiger partial charge in [0, 0.05) is 40.1 Å². The molecule has 5 rings (SSSR count). The molecule has 0 amide bonds. The minimum Gasteiger partial charge on any atom is -0.480 e. The van der Waals surface area contributed by atoms with E-state index in [2.05, 4.69) is 16.0 Å². The molecule has 1 fully saturated rings. The summed E-state index contributed by atoms with van der Waals surface area (Å²) in [6, 6.07) is 13.0. The Labute approximate surface area is 176 Å². The number of aromatic nitrogens is 2. The Bertz CT molecular complexity index is 1170. The molecule has 5 nitrogen and oxygen atoms in total. The molecule has 29 heavy (non-hydrogen) atoms. The number of carboxylic acids is 1. The van der Waals surface area contributed by atoms with Gasteiger partial charge < -0.3 is 10.1 Å². The van der Waals surface area contributed by atoms with E-state index in [1.54, 1.807) is 17.5 Å². The highest BCUT2D eigenvalue weighted by Gasteiger charge is 2.34. The average Bonchev–Trinajstić information content (AvgIpc) is 3.32. The van der Waals surface area contributed by atoms with Crippen LogP contribution in [0.2, 0.25) is 5.02 Å². The van der Waals surface area contributed by atoms with Crippen LogP contribution in [0.5, 0.6) is 0 Å². The van der Waals surface area contributed by atoms with Gasteiger partial charge in [-0.15, -0.1) is 11.3 Å². The second-order valence-electron chi connectivity index (χ2n) is 7.53. The second-order valence-corrected chi connectivity index (χ2v) is 9.03. The molecule has 0 spiro atoms. The summed E-state index contributed by atoms with van der Waals surface area (Å²) in [5.41, 5.74) is 2.68. The third-order valence-electron chi connectivity index (χ3n) is 5.68. The maximum absolute atomic E-state index is 12.3. The minimum atomic E-state index is -0.837. The molecule has 4 aromatic rings. The number of hydrogen-bond acceptors (Lipinski definition) is 4. The van der Waals surface area contributed by atoms with Gasteiger partial charge in [0.2, 0.25) is 0 Å². The number of piperidine rings is 1. The number of rotatable bonds is 4. The minimum absolute atomic E-state index is 0.247. The van der Waals surface area contributed by atoms with Crippen LogP contribution in [0.25, 0.3) is 21.1 Å². The number of H-pyrrole nitrogens is 1. The predicted octanol–water partition coefficient (Wildman–Crippen LogP) is 5.44. The first kappa shape index (κ1) is 18.6. The summed E-state index contributed by atoms with van der Waals surface area (Å²) in [5.74, 6) is -0.590. The second kappa shape index (κ2) is 7.44. The van der Waals surface area contributed by atoms with E-state index < -0.39 is 12.0 Å². The quantitative estimate of drug-likeness (QED) is 0.457. The maximum Gasteiger partial charge on any atom is 0.325 e. The molecule has 148 valence electrons. The normalized spacial score (nSPS) is 19.0. The zero-order valence-electron chi connectivity index (χ0n) is 15.6. The van der Waals surface area contributed by atoms with Crippen molar-refractivity contribution in [2.75, 3.05) is 13.1 Å². The summed E-state index contributed by atoms with van der Waals surface area (Å²) < 4.78 is 1.18. The number of likely N-dealkylation sites (tertiary alicyclic amines) is 1. The number of aromatic amines is 1. The first-order chi connectivity index (χ1) is 14.1. The molecule has 0 radical (unpaired) electrons. The molecule has 2 aromatic carbocycles. The third-order valence-corrected chi connectivity index (χ3v) is 7.12. The van der Waals surface area contributed by atoms with Gasteiger partial charge in [0.05, 0.1) is 15.2 Å². The van der Waals surface area contributed by atoms with Crippen LogP contribution in [0.4, 0.5) is 0 Å². The molecule has 0 aliphatic carbocycles. The van der Waals surface area contributed by atoms with Gasteiger partial charge in [0.15, 0.2) is 0 Å². The van der Waals surface area contributed by atoms with Gasteiger partial charge in [-0.2, -0.15) is 0 Å². The lowest BCUT2D eigenvalue weighted by atomic mass is 9.95. The molecule has 7 heteroatoms. The van der Waals surface area contributed by atoms with Crippen molar-refractivity contribution in [3.63, 3.8) is 0 Å². The fourth-order valence-electron chi connectivity index (χ4n) is 4.33. The highest BCUT2D eigenvalue weighted by Crippen LogP contribution is 2.37. The van der Waals surface area contributed by atoms with Crippen LogP contribution in [0.3, 0.4) is 0 Å². The number of benzene rings is 2.